The maximum Gasteiger partial charge on any atom is 0.227 e. The Bertz CT molecular complexity index is 2910. The van der Waals surface area contributed by atoms with Crippen LogP contribution in [-0.2, 0) is 0 Å². The van der Waals surface area contributed by atoms with E-state index in [2.05, 4.69) is 204 Å². The zero-order valence-electron chi connectivity index (χ0n) is 31.1. The van der Waals surface area contributed by atoms with E-state index in [1.807, 2.05) is 30.3 Å². The molecule has 57 heavy (non-hydrogen) atoms. The zero-order chi connectivity index (χ0) is 38.0. The van der Waals surface area contributed by atoms with Crippen molar-refractivity contribution in [3.05, 3.63) is 224 Å². The summed E-state index contributed by atoms with van der Waals surface area (Å²) in [6.07, 6.45) is 0. The second-order valence-electron chi connectivity index (χ2n) is 14.0. The Labute approximate surface area is 332 Å². The first kappa shape index (κ1) is 33.8. The zero-order valence-corrected chi connectivity index (χ0v) is 31.1. The van der Waals surface area contributed by atoms with Gasteiger partial charge in [0.15, 0.2) is 5.58 Å². The number of oxazole rings is 1. The van der Waals surface area contributed by atoms with Gasteiger partial charge < -0.3 is 14.2 Å². The topological polar surface area (TPSA) is 32.5 Å². The van der Waals surface area contributed by atoms with Crippen LogP contribution in [0.15, 0.2) is 229 Å². The molecule has 0 fully saturated rings. The van der Waals surface area contributed by atoms with Crippen LogP contribution in [0.4, 0.5) is 34.1 Å². The molecule has 0 bridgehead atoms. The number of rotatable bonds is 9. The third kappa shape index (κ3) is 6.60. The lowest BCUT2D eigenvalue weighted by molar-refractivity contribution is 0.620. The van der Waals surface area contributed by atoms with Gasteiger partial charge >= 0.3 is 0 Å². The molecule has 0 amide bonds. The van der Waals surface area contributed by atoms with Gasteiger partial charge in [-0.25, -0.2) is 4.98 Å². The molecule has 0 saturated heterocycles. The van der Waals surface area contributed by atoms with Crippen molar-refractivity contribution in [1.29, 1.82) is 0 Å². The molecule has 0 aliphatic carbocycles. The standard InChI is InChI=1S/C53H37N3O/c1-6-16-38(17-7-1)40-26-30-45(31-27-40)55(43-22-12-4-13-23-43)47-34-35-48-49(36-47)52-51(57-53(54-52)42-20-10-3-11-21-42)37-50(48)56(44-24-14-5-15-25-44)46-32-28-41(29-33-46)39-18-8-2-9-19-39/h1-37H. The van der Waals surface area contributed by atoms with Crippen molar-refractivity contribution in [2.24, 2.45) is 0 Å². The van der Waals surface area contributed by atoms with Crippen molar-refractivity contribution in [2.75, 3.05) is 9.80 Å². The molecular weight excluding hydrogens is 695 g/mol. The average Bonchev–Trinajstić information content (AvgIpc) is 3.74. The molecule has 10 rings (SSSR count). The van der Waals surface area contributed by atoms with Crippen LogP contribution in [-0.4, -0.2) is 4.98 Å². The fourth-order valence-electron chi connectivity index (χ4n) is 7.70. The minimum absolute atomic E-state index is 0.587. The van der Waals surface area contributed by atoms with Gasteiger partial charge in [-0.15, -0.1) is 0 Å². The summed E-state index contributed by atoms with van der Waals surface area (Å²) >= 11 is 0. The van der Waals surface area contributed by atoms with Crippen molar-refractivity contribution in [3.8, 4) is 33.7 Å². The molecular formula is C53H37N3O. The predicted molar refractivity (Wildman–Crippen MR) is 237 cm³/mol. The number of fused-ring (bicyclic) bond motifs is 3. The Hall–Kier alpha value is -7.69. The van der Waals surface area contributed by atoms with Crippen LogP contribution >= 0.6 is 0 Å². The highest BCUT2D eigenvalue weighted by Gasteiger charge is 2.22. The lowest BCUT2D eigenvalue weighted by Gasteiger charge is -2.28. The Morgan fingerprint density at radius 2 is 0.719 bits per heavy atom. The molecule has 0 unspecified atom stereocenters. The van der Waals surface area contributed by atoms with Crippen LogP contribution in [0.5, 0.6) is 0 Å². The van der Waals surface area contributed by atoms with Crippen molar-refractivity contribution >= 4 is 56.0 Å². The number of anilines is 6. The summed E-state index contributed by atoms with van der Waals surface area (Å²) in [5.74, 6) is 0.587. The van der Waals surface area contributed by atoms with Gasteiger partial charge in [0.05, 0.1) is 5.69 Å². The van der Waals surface area contributed by atoms with Crippen LogP contribution in [0, 0.1) is 0 Å². The number of para-hydroxylation sites is 2. The summed E-state index contributed by atoms with van der Waals surface area (Å²) in [5, 5.41) is 2.05. The Morgan fingerprint density at radius 1 is 0.316 bits per heavy atom. The van der Waals surface area contributed by atoms with Crippen LogP contribution in [0.1, 0.15) is 0 Å². The molecule has 10 aromatic rings. The highest BCUT2D eigenvalue weighted by Crippen LogP contribution is 2.45. The molecule has 0 aliphatic heterocycles. The fraction of sp³-hybridized carbons (Fsp3) is 0. The highest BCUT2D eigenvalue weighted by atomic mass is 16.3. The molecule has 1 aromatic heterocycles. The summed E-state index contributed by atoms with van der Waals surface area (Å²) in [6.45, 7) is 0. The first-order chi connectivity index (χ1) is 28.3. The summed E-state index contributed by atoms with van der Waals surface area (Å²) in [4.78, 5) is 9.82. The number of nitrogens with zero attached hydrogens (tertiary/aromatic N) is 3. The van der Waals surface area contributed by atoms with Crippen molar-refractivity contribution in [1.82, 2.24) is 4.98 Å². The van der Waals surface area contributed by atoms with Crippen LogP contribution in [0.2, 0.25) is 0 Å². The average molecular weight is 732 g/mol. The molecule has 4 heteroatoms. The second kappa shape index (κ2) is 14.9. The van der Waals surface area contributed by atoms with Crippen molar-refractivity contribution < 1.29 is 4.42 Å². The largest absolute Gasteiger partial charge is 0.436 e. The van der Waals surface area contributed by atoms with Gasteiger partial charge in [-0.2, -0.15) is 0 Å². The SMILES string of the molecule is c1ccc(-c2ccc(N(c3ccccc3)c3ccc4c(N(c5ccccc5)c5ccc(-c6ccccc6)cc5)cc5oc(-c6ccccc6)nc5c4c3)cc2)cc1. The lowest BCUT2D eigenvalue weighted by Crippen LogP contribution is -2.11. The second-order valence-corrected chi connectivity index (χ2v) is 14.0. The molecule has 9 aromatic carbocycles. The lowest BCUT2D eigenvalue weighted by atomic mass is 10.0. The van der Waals surface area contributed by atoms with E-state index in [1.54, 1.807) is 0 Å². The van der Waals surface area contributed by atoms with Crippen LogP contribution in [0.3, 0.4) is 0 Å². The quantitative estimate of drug-likeness (QED) is 0.148. The molecule has 0 aliphatic rings. The van der Waals surface area contributed by atoms with E-state index in [1.165, 1.54) is 16.7 Å². The number of benzene rings is 9. The van der Waals surface area contributed by atoms with Gasteiger partial charge in [-0.3, -0.25) is 0 Å². The van der Waals surface area contributed by atoms with Crippen LogP contribution < -0.4 is 9.80 Å². The van der Waals surface area contributed by atoms with E-state index in [0.717, 1.165) is 61.5 Å². The highest BCUT2D eigenvalue weighted by molar-refractivity contribution is 6.13. The van der Waals surface area contributed by atoms with Gasteiger partial charge in [-0.05, 0) is 95.1 Å². The summed E-state index contributed by atoms with van der Waals surface area (Å²) in [6, 6.07) is 78.7. The Morgan fingerprint density at radius 3 is 1.25 bits per heavy atom. The van der Waals surface area contributed by atoms with E-state index in [-0.39, 0.29) is 0 Å². The number of aromatic nitrogens is 1. The molecule has 0 spiro atoms. The fourth-order valence-corrected chi connectivity index (χ4v) is 7.70. The van der Waals surface area contributed by atoms with E-state index >= 15 is 0 Å². The molecule has 1 heterocycles. The Kier molecular flexibility index (Phi) is 8.82. The summed E-state index contributed by atoms with van der Waals surface area (Å²) < 4.78 is 6.68. The monoisotopic (exact) mass is 731 g/mol. The maximum atomic E-state index is 6.68. The van der Waals surface area contributed by atoms with Crippen molar-refractivity contribution in [3.63, 3.8) is 0 Å². The van der Waals surface area contributed by atoms with E-state index in [9.17, 15) is 0 Å². The predicted octanol–water partition coefficient (Wildman–Crippen LogP) is 14.9. The molecule has 4 nitrogen and oxygen atoms in total. The molecule has 0 N–H and O–H groups in total. The van der Waals surface area contributed by atoms with Crippen LogP contribution in [0.25, 0.3) is 55.6 Å². The van der Waals surface area contributed by atoms with Crippen molar-refractivity contribution in [2.45, 2.75) is 0 Å². The van der Waals surface area contributed by atoms with Gasteiger partial charge in [-0.1, -0.05) is 146 Å². The minimum atomic E-state index is 0.587. The minimum Gasteiger partial charge on any atom is -0.436 e. The van der Waals surface area contributed by atoms with Gasteiger partial charge in [0.1, 0.15) is 5.52 Å². The van der Waals surface area contributed by atoms with E-state index in [0.29, 0.717) is 11.5 Å². The molecule has 0 radical (unpaired) electrons. The third-order valence-corrected chi connectivity index (χ3v) is 10.5. The normalized spacial score (nSPS) is 11.2. The van der Waals surface area contributed by atoms with E-state index in [4.69, 9.17) is 9.40 Å². The summed E-state index contributed by atoms with van der Waals surface area (Å²) in [7, 11) is 0. The van der Waals surface area contributed by atoms with Gasteiger partial charge in [0.2, 0.25) is 5.89 Å². The third-order valence-electron chi connectivity index (χ3n) is 10.5. The first-order valence-electron chi connectivity index (χ1n) is 19.2. The van der Waals surface area contributed by atoms with Gasteiger partial charge in [0.25, 0.3) is 0 Å². The summed E-state index contributed by atoms with van der Waals surface area (Å²) in [5.41, 5.74) is 13.4. The molecule has 270 valence electrons. The number of hydrogen-bond donors (Lipinski definition) is 0. The smallest absolute Gasteiger partial charge is 0.227 e. The maximum absolute atomic E-state index is 6.68. The molecule has 0 atom stereocenters. The van der Waals surface area contributed by atoms with E-state index < -0.39 is 0 Å². The molecule has 0 saturated carbocycles. The first-order valence-corrected chi connectivity index (χ1v) is 19.2. The van der Waals surface area contributed by atoms with Gasteiger partial charge in [0, 0.05) is 50.8 Å². The number of hydrogen-bond acceptors (Lipinski definition) is 4. The Balaban J connectivity index is 1.18.